The van der Waals surface area contributed by atoms with Crippen LogP contribution >= 0.6 is 0 Å². The molecule has 13 heteroatoms. The smallest absolute Gasteiger partial charge is 0.322 e. The van der Waals surface area contributed by atoms with Crippen molar-refractivity contribution < 1.29 is 39.3 Å². The highest BCUT2D eigenvalue weighted by Gasteiger charge is 2.09. The number of aromatic hydroxyl groups is 2. The number of phenols is 2. The van der Waals surface area contributed by atoms with E-state index in [0.29, 0.717) is 11.5 Å². The molecule has 0 radical (unpaired) electrons. The van der Waals surface area contributed by atoms with Crippen molar-refractivity contribution in [2.75, 3.05) is 32.7 Å². The van der Waals surface area contributed by atoms with Crippen LogP contribution in [0.25, 0.3) is 0 Å². The third-order valence-electron chi connectivity index (χ3n) is 4.03. The molecular weight excluding hydrogens is 486 g/mol. The molecule has 0 saturated carbocycles. The average Bonchev–Trinajstić information content (AvgIpc) is 2.87. The molecule has 0 heterocycles. The molecule has 202 valence electrons. The molecule has 0 aliphatic rings. The number of amides is 4. The minimum atomic E-state index is -1.21. The van der Waals surface area contributed by atoms with Gasteiger partial charge in [0, 0.05) is 0 Å². The summed E-state index contributed by atoms with van der Waals surface area (Å²) in [5.41, 5.74) is 7.35. The maximum atomic E-state index is 11.3. The first kappa shape index (κ1) is 32.4. The number of carboxylic acids is 1. The van der Waals surface area contributed by atoms with Gasteiger partial charge in [-0.05, 0) is 38.1 Å². The Labute approximate surface area is 214 Å². The van der Waals surface area contributed by atoms with Crippen molar-refractivity contribution in [3.8, 4) is 11.5 Å². The van der Waals surface area contributed by atoms with E-state index >= 15 is 0 Å². The van der Waals surface area contributed by atoms with Crippen LogP contribution in [0, 0.1) is 13.8 Å². The molecule has 0 aliphatic heterocycles. The molecule has 9 N–H and O–H groups in total. The number of nitrogens with two attached hydrogens (primary N) is 1. The molecule has 0 spiro atoms. The highest BCUT2D eigenvalue weighted by atomic mass is 16.4. The van der Waals surface area contributed by atoms with Gasteiger partial charge in [0.15, 0.2) is 0 Å². The first-order valence-electron chi connectivity index (χ1n) is 10.9. The number of aryl methyl sites for hydroxylation is 2. The van der Waals surface area contributed by atoms with Crippen molar-refractivity contribution in [1.29, 1.82) is 0 Å². The van der Waals surface area contributed by atoms with E-state index in [1.54, 1.807) is 24.3 Å². The summed E-state index contributed by atoms with van der Waals surface area (Å²) in [5, 5.41) is 34.4. The van der Waals surface area contributed by atoms with E-state index in [4.69, 9.17) is 21.1 Å². The molecule has 2 aromatic carbocycles. The van der Waals surface area contributed by atoms with E-state index in [9.17, 15) is 24.0 Å². The molecule has 0 fully saturated rings. The number of rotatable bonds is 9. The third kappa shape index (κ3) is 19.4. The second-order valence-electron chi connectivity index (χ2n) is 7.38. The Balaban J connectivity index is 0.000000649. The molecule has 37 heavy (non-hydrogen) atoms. The van der Waals surface area contributed by atoms with Crippen LogP contribution in [0.5, 0.6) is 11.5 Å². The standard InChI is InChI=1S/C10H17N5O6.2C7H8O/c11-1-6(16)12-2-7(17)13-3-8(18)14-4-9(19)15-5-10(20)21;2*1-6-2-4-7(8)5-3-6/h1-5,11H2,(H,12,16)(H,13,17)(H,14,18)(H,15,19)(H,20,21);2*2-5,8H,1H3. The van der Waals surface area contributed by atoms with Gasteiger partial charge >= 0.3 is 5.97 Å². The van der Waals surface area contributed by atoms with E-state index in [1.165, 1.54) is 11.1 Å². The summed E-state index contributed by atoms with van der Waals surface area (Å²) in [6, 6.07) is 14.2. The molecule has 0 aliphatic carbocycles. The van der Waals surface area contributed by atoms with Crippen LogP contribution in [-0.4, -0.2) is 77.6 Å². The maximum Gasteiger partial charge on any atom is 0.322 e. The molecule has 0 bridgehead atoms. The fourth-order valence-corrected chi connectivity index (χ4v) is 2.06. The lowest BCUT2D eigenvalue weighted by Crippen LogP contribution is -2.45. The van der Waals surface area contributed by atoms with Crippen molar-refractivity contribution in [2.45, 2.75) is 13.8 Å². The van der Waals surface area contributed by atoms with Crippen molar-refractivity contribution in [3.05, 3.63) is 59.7 Å². The number of benzene rings is 2. The van der Waals surface area contributed by atoms with E-state index in [1.807, 2.05) is 43.4 Å². The molecule has 2 rings (SSSR count). The lowest BCUT2D eigenvalue weighted by molar-refractivity contribution is -0.137. The van der Waals surface area contributed by atoms with Crippen LogP contribution in [0.2, 0.25) is 0 Å². The average molecular weight is 520 g/mol. The lowest BCUT2D eigenvalue weighted by atomic mass is 10.2. The monoisotopic (exact) mass is 519 g/mol. The summed E-state index contributed by atoms with van der Waals surface area (Å²) in [6.07, 6.45) is 0. The molecule has 0 saturated heterocycles. The Kier molecular flexibility index (Phi) is 16.3. The summed E-state index contributed by atoms with van der Waals surface area (Å²) >= 11 is 0. The molecule has 13 nitrogen and oxygen atoms in total. The normalized spacial score (nSPS) is 9.27. The number of carbonyl (C=O) groups excluding carboxylic acids is 4. The van der Waals surface area contributed by atoms with Gasteiger partial charge in [-0.25, -0.2) is 0 Å². The van der Waals surface area contributed by atoms with Gasteiger partial charge in [0.25, 0.3) is 0 Å². The lowest BCUT2D eigenvalue weighted by Gasteiger charge is -2.07. The predicted molar refractivity (Wildman–Crippen MR) is 134 cm³/mol. The van der Waals surface area contributed by atoms with Crippen molar-refractivity contribution >= 4 is 29.6 Å². The number of hydrogen-bond acceptors (Lipinski definition) is 8. The molecular formula is C24H33N5O8. The van der Waals surface area contributed by atoms with Crippen LogP contribution in [-0.2, 0) is 24.0 Å². The summed E-state index contributed by atoms with van der Waals surface area (Å²) in [7, 11) is 0. The summed E-state index contributed by atoms with van der Waals surface area (Å²) in [6.45, 7) is 2.06. The van der Waals surface area contributed by atoms with Gasteiger partial charge in [0.05, 0.1) is 26.2 Å². The van der Waals surface area contributed by atoms with Crippen LogP contribution in [0.15, 0.2) is 48.5 Å². The third-order valence-corrected chi connectivity index (χ3v) is 4.03. The zero-order chi connectivity index (χ0) is 28.2. The van der Waals surface area contributed by atoms with Crippen LogP contribution in [0.3, 0.4) is 0 Å². The first-order valence-corrected chi connectivity index (χ1v) is 10.9. The first-order chi connectivity index (χ1) is 17.4. The molecule has 2 aromatic rings. The van der Waals surface area contributed by atoms with Gasteiger partial charge in [-0.1, -0.05) is 35.4 Å². The van der Waals surface area contributed by atoms with Gasteiger partial charge in [-0.3, -0.25) is 24.0 Å². The number of hydrogen-bond donors (Lipinski definition) is 8. The number of phenolic OH excluding ortho intramolecular Hbond substituents is 2. The molecule has 0 atom stereocenters. The van der Waals surface area contributed by atoms with E-state index in [0.717, 1.165) is 0 Å². The predicted octanol–water partition coefficient (Wildman–Crippen LogP) is -1.10. The fraction of sp³-hybridized carbons (Fsp3) is 0.292. The Morgan fingerprint density at radius 2 is 0.892 bits per heavy atom. The van der Waals surface area contributed by atoms with E-state index in [-0.39, 0.29) is 19.6 Å². The Morgan fingerprint density at radius 3 is 1.16 bits per heavy atom. The summed E-state index contributed by atoms with van der Waals surface area (Å²) < 4.78 is 0. The molecule has 4 amide bonds. The highest BCUT2D eigenvalue weighted by Crippen LogP contribution is 2.08. The largest absolute Gasteiger partial charge is 0.508 e. The number of aliphatic carboxylic acids is 1. The van der Waals surface area contributed by atoms with Crippen molar-refractivity contribution in [3.63, 3.8) is 0 Å². The van der Waals surface area contributed by atoms with Crippen LogP contribution in [0.1, 0.15) is 11.1 Å². The second kappa shape index (κ2) is 18.6. The fourth-order valence-electron chi connectivity index (χ4n) is 2.06. The van der Waals surface area contributed by atoms with Gasteiger partial charge in [0.2, 0.25) is 23.6 Å². The number of carboxylic acid groups (broad SMARTS) is 1. The minimum Gasteiger partial charge on any atom is -0.508 e. The van der Waals surface area contributed by atoms with Gasteiger partial charge in [0.1, 0.15) is 18.0 Å². The topological polar surface area (TPSA) is 220 Å². The SMILES string of the molecule is Cc1ccc(O)cc1.Cc1ccc(O)cc1.NCC(=O)NCC(=O)NCC(=O)NCC(=O)NCC(=O)O. The summed E-state index contributed by atoms with van der Waals surface area (Å²) in [5.74, 6) is -2.97. The zero-order valence-electron chi connectivity index (χ0n) is 20.6. The second-order valence-corrected chi connectivity index (χ2v) is 7.38. The molecule has 0 aromatic heterocycles. The van der Waals surface area contributed by atoms with E-state index in [2.05, 4.69) is 16.0 Å². The number of nitrogens with one attached hydrogen (secondary N) is 4. The Hall–Kier alpha value is -4.65. The van der Waals surface area contributed by atoms with Crippen molar-refractivity contribution in [1.82, 2.24) is 21.3 Å². The van der Waals surface area contributed by atoms with Gasteiger partial charge < -0.3 is 42.3 Å². The van der Waals surface area contributed by atoms with Crippen LogP contribution < -0.4 is 27.0 Å². The minimum absolute atomic E-state index is 0.251. The molecule has 0 unspecified atom stereocenters. The Morgan fingerprint density at radius 1 is 0.595 bits per heavy atom. The number of carbonyl (C=O) groups is 5. The highest BCUT2D eigenvalue weighted by molar-refractivity contribution is 5.90. The van der Waals surface area contributed by atoms with E-state index < -0.39 is 42.7 Å². The Bertz CT molecular complexity index is 925. The van der Waals surface area contributed by atoms with Gasteiger partial charge in [-0.2, -0.15) is 0 Å². The van der Waals surface area contributed by atoms with Gasteiger partial charge in [-0.15, -0.1) is 0 Å². The summed E-state index contributed by atoms with van der Waals surface area (Å²) in [4.78, 5) is 54.4. The quantitative estimate of drug-likeness (QED) is 0.201. The zero-order valence-corrected chi connectivity index (χ0v) is 20.6. The maximum absolute atomic E-state index is 11.3. The van der Waals surface area contributed by atoms with Crippen molar-refractivity contribution in [2.24, 2.45) is 5.73 Å². The van der Waals surface area contributed by atoms with Crippen LogP contribution in [0.4, 0.5) is 0 Å².